The number of aliphatic carboxylic acids is 1. The van der Waals surface area contributed by atoms with Crippen LogP contribution in [0.2, 0.25) is 0 Å². The van der Waals surface area contributed by atoms with Gasteiger partial charge in [-0.05, 0) is 49.4 Å². The lowest BCUT2D eigenvalue weighted by Gasteiger charge is -2.12. The van der Waals surface area contributed by atoms with Gasteiger partial charge in [0.1, 0.15) is 0 Å². The number of aryl methyl sites for hydroxylation is 2. The molecular formula is C15H22O4. The lowest BCUT2D eigenvalue weighted by Crippen LogP contribution is -1.97. The van der Waals surface area contributed by atoms with Crippen molar-refractivity contribution >= 4 is 5.97 Å². The van der Waals surface area contributed by atoms with E-state index in [0.717, 1.165) is 37.2 Å². The Kier molecular flexibility index (Phi) is 6.19. The quantitative estimate of drug-likeness (QED) is 0.734. The van der Waals surface area contributed by atoms with Crippen molar-refractivity contribution in [3.8, 4) is 11.5 Å². The highest BCUT2D eigenvalue weighted by molar-refractivity contribution is 5.66. The third kappa shape index (κ3) is 4.81. The number of methoxy groups -OCH3 is 2. The van der Waals surface area contributed by atoms with Crippen LogP contribution in [0.1, 0.15) is 36.8 Å². The van der Waals surface area contributed by atoms with Crippen LogP contribution in [-0.2, 0) is 11.2 Å². The molecule has 1 N–H and O–H groups in total. The second kappa shape index (κ2) is 7.67. The molecule has 0 unspecified atom stereocenters. The summed E-state index contributed by atoms with van der Waals surface area (Å²) in [7, 11) is 3.26. The highest BCUT2D eigenvalue weighted by atomic mass is 16.5. The van der Waals surface area contributed by atoms with Gasteiger partial charge < -0.3 is 14.6 Å². The van der Waals surface area contributed by atoms with Gasteiger partial charge in [0, 0.05) is 6.42 Å². The van der Waals surface area contributed by atoms with Crippen molar-refractivity contribution in [3.63, 3.8) is 0 Å². The number of hydrogen-bond acceptors (Lipinski definition) is 3. The Morgan fingerprint density at radius 2 is 1.74 bits per heavy atom. The molecule has 0 saturated carbocycles. The van der Waals surface area contributed by atoms with Gasteiger partial charge in [-0.15, -0.1) is 0 Å². The number of carbonyl (C=O) groups is 1. The number of rotatable bonds is 8. The molecule has 0 spiro atoms. The predicted molar refractivity (Wildman–Crippen MR) is 74.1 cm³/mol. The number of carboxylic acids is 1. The fraction of sp³-hybridized carbons (Fsp3) is 0.533. The van der Waals surface area contributed by atoms with E-state index in [-0.39, 0.29) is 6.42 Å². The largest absolute Gasteiger partial charge is 0.493 e. The molecule has 0 aromatic heterocycles. The maximum Gasteiger partial charge on any atom is 0.303 e. The molecule has 19 heavy (non-hydrogen) atoms. The Bertz CT molecular complexity index is 426. The van der Waals surface area contributed by atoms with Gasteiger partial charge in [-0.2, -0.15) is 0 Å². The molecule has 106 valence electrons. The Morgan fingerprint density at radius 3 is 2.32 bits per heavy atom. The van der Waals surface area contributed by atoms with E-state index in [1.54, 1.807) is 14.2 Å². The Morgan fingerprint density at radius 1 is 1.11 bits per heavy atom. The minimum atomic E-state index is -0.720. The van der Waals surface area contributed by atoms with Crippen LogP contribution in [0.25, 0.3) is 0 Å². The van der Waals surface area contributed by atoms with Crippen molar-refractivity contribution in [1.29, 1.82) is 0 Å². The molecule has 0 saturated heterocycles. The van der Waals surface area contributed by atoms with Gasteiger partial charge in [-0.3, -0.25) is 4.79 Å². The van der Waals surface area contributed by atoms with Crippen molar-refractivity contribution in [3.05, 3.63) is 23.3 Å². The summed E-state index contributed by atoms with van der Waals surface area (Å²) in [6.07, 6.45) is 3.85. The van der Waals surface area contributed by atoms with E-state index in [1.807, 2.05) is 12.1 Å². The fourth-order valence-electron chi connectivity index (χ4n) is 2.06. The molecule has 0 heterocycles. The summed E-state index contributed by atoms with van der Waals surface area (Å²) in [5.41, 5.74) is 2.41. The van der Waals surface area contributed by atoms with Crippen LogP contribution in [0.15, 0.2) is 12.1 Å². The van der Waals surface area contributed by atoms with Crippen molar-refractivity contribution in [1.82, 2.24) is 0 Å². The molecule has 1 aromatic rings. The zero-order chi connectivity index (χ0) is 14.3. The van der Waals surface area contributed by atoms with E-state index < -0.39 is 5.97 Å². The van der Waals surface area contributed by atoms with Gasteiger partial charge in [-0.1, -0.05) is 6.42 Å². The summed E-state index contributed by atoms with van der Waals surface area (Å²) in [6, 6.07) is 3.98. The minimum absolute atomic E-state index is 0.255. The van der Waals surface area contributed by atoms with Crippen molar-refractivity contribution in [2.75, 3.05) is 14.2 Å². The summed E-state index contributed by atoms with van der Waals surface area (Å²) in [5.74, 6) is 0.769. The minimum Gasteiger partial charge on any atom is -0.493 e. The van der Waals surface area contributed by atoms with Gasteiger partial charge in [0.2, 0.25) is 0 Å². The van der Waals surface area contributed by atoms with Crippen LogP contribution in [0.3, 0.4) is 0 Å². The summed E-state index contributed by atoms with van der Waals surface area (Å²) in [5, 5.41) is 8.57. The average Bonchev–Trinajstić information content (AvgIpc) is 2.39. The molecule has 0 fully saturated rings. The van der Waals surface area contributed by atoms with E-state index >= 15 is 0 Å². The second-order valence-corrected chi connectivity index (χ2v) is 4.59. The Labute approximate surface area is 114 Å². The first kappa shape index (κ1) is 15.3. The van der Waals surface area contributed by atoms with Crippen LogP contribution in [-0.4, -0.2) is 25.3 Å². The van der Waals surface area contributed by atoms with Crippen LogP contribution in [0.5, 0.6) is 11.5 Å². The molecule has 1 rings (SSSR count). The van der Waals surface area contributed by atoms with E-state index in [4.69, 9.17) is 14.6 Å². The third-order valence-corrected chi connectivity index (χ3v) is 3.18. The molecule has 4 heteroatoms. The first-order chi connectivity index (χ1) is 9.08. The van der Waals surface area contributed by atoms with Gasteiger partial charge >= 0.3 is 5.97 Å². The molecular weight excluding hydrogens is 244 g/mol. The molecule has 0 aliphatic rings. The molecule has 1 aromatic carbocycles. The normalized spacial score (nSPS) is 10.3. The highest BCUT2D eigenvalue weighted by Gasteiger charge is 2.08. The fourth-order valence-corrected chi connectivity index (χ4v) is 2.06. The molecule has 0 bridgehead atoms. The smallest absolute Gasteiger partial charge is 0.303 e. The van der Waals surface area contributed by atoms with Gasteiger partial charge in [0.25, 0.3) is 0 Å². The average molecular weight is 266 g/mol. The zero-order valence-corrected chi connectivity index (χ0v) is 11.9. The first-order valence-corrected chi connectivity index (χ1v) is 6.51. The number of carboxylic acid groups (broad SMARTS) is 1. The lowest BCUT2D eigenvalue weighted by molar-refractivity contribution is -0.137. The lowest BCUT2D eigenvalue weighted by atomic mass is 10.0. The summed E-state index contributed by atoms with van der Waals surface area (Å²) in [4.78, 5) is 10.4. The van der Waals surface area contributed by atoms with E-state index in [2.05, 4.69) is 6.92 Å². The SMILES string of the molecule is COc1cc(C)c(CCCCCC(=O)O)cc1OC. The molecule has 0 atom stereocenters. The molecule has 4 nitrogen and oxygen atoms in total. The summed E-state index contributed by atoms with van der Waals surface area (Å²) in [6.45, 7) is 2.05. The van der Waals surface area contributed by atoms with E-state index in [9.17, 15) is 4.79 Å². The monoisotopic (exact) mass is 266 g/mol. The first-order valence-electron chi connectivity index (χ1n) is 6.51. The number of benzene rings is 1. The number of hydrogen-bond donors (Lipinski definition) is 1. The van der Waals surface area contributed by atoms with Crippen LogP contribution in [0, 0.1) is 6.92 Å². The van der Waals surface area contributed by atoms with Gasteiger partial charge in [0.05, 0.1) is 14.2 Å². The Hall–Kier alpha value is -1.71. The predicted octanol–water partition coefficient (Wildman–Crippen LogP) is 3.20. The van der Waals surface area contributed by atoms with Crippen molar-refractivity contribution in [2.24, 2.45) is 0 Å². The van der Waals surface area contributed by atoms with Crippen molar-refractivity contribution < 1.29 is 19.4 Å². The van der Waals surface area contributed by atoms with Crippen LogP contribution in [0.4, 0.5) is 0 Å². The third-order valence-electron chi connectivity index (χ3n) is 3.18. The zero-order valence-electron chi connectivity index (χ0n) is 11.9. The Balaban J connectivity index is 2.56. The molecule has 0 aliphatic carbocycles. The number of ether oxygens (including phenoxy) is 2. The van der Waals surface area contributed by atoms with Gasteiger partial charge in [-0.25, -0.2) is 0 Å². The van der Waals surface area contributed by atoms with E-state index in [0.29, 0.717) is 0 Å². The van der Waals surface area contributed by atoms with Crippen LogP contribution < -0.4 is 9.47 Å². The molecule has 0 amide bonds. The maximum absolute atomic E-state index is 10.4. The van der Waals surface area contributed by atoms with Gasteiger partial charge in [0.15, 0.2) is 11.5 Å². The highest BCUT2D eigenvalue weighted by Crippen LogP contribution is 2.30. The van der Waals surface area contributed by atoms with E-state index in [1.165, 1.54) is 11.1 Å². The number of unbranched alkanes of at least 4 members (excludes halogenated alkanes) is 2. The molecule has 0 radical (unpaired) electrons. The standard InChI is InChI=1S/C15H22O4/c1-11-9-13(18-2)14(19-3)10-12(11)7-5-4-6-8-15(16)17/h9-10H,4-8H2,1-3H3,(H,16,17). The summed E-state index contributed by atoms with van der Waals surface area (Å²) < 4.78 is 10.5. The van der Waals surface area contributed by atoms with Crippen LogP contribution >= 0.6 is 0 Å². The molecule has 0 aliphatic heterocycles. The van der Waals surface area contributed by atoms with Crippen molar-refractivity contribution in [2.45, 2.75) is 39.0 Å². The maximum atomic E-state index is 10.4. The summed E-state index contributed by atoms with van der Waals surface area (Å²) >= 11 is 0. The second-order valence-electron chi connectivity index (χ2n) is 4.59. The topological polar surface area (TPSA) is 55.8 Å².